The number of nitrogens with one attached hydrogen (secondary N) is 1. The summed E-state index contributed by atoms with van der Waals surface area (Å²) in [5.74, 6) is 1.55. The summed E-state index contributed by atoms with van der Waals surface area (Å²) < 4.78 is 30.2. The minimum Gasteiger partial charge on any atom is -0.299 e. The number of fused-ring (bicyclic) bond motifs is 1. The van der Waals surface area contributed by atoms with E-state index in [1.807, 2.05) is 13.0 Å². The number of sulfonamides is 1. The van der Waals surface area contributed by atoms with Crippen molar-refractivity contribution in [2.75, 3.05) is 12.3 Å². The van der Waals surface area contributed by atoms with E-state index in [-0.39, 0.29) is 9.77 Å². The first-order chi connectivity index (χ1) is 13.4. The van der Waals surface area contributed by atoms with Crippen LogP contribution < -0.4 is 9.60 Å². The summed E-state index contributed by atoms with van der Waals surface area (Å²) in [7, 11) is -3.59. The van der Waals surface area contributed by atoms with Crippen LogP contribution in [0, 0.1) is 6.92 Å². The molecule has 3 rings (SSSR count). The second-order valence-electron chi connectivity index (χ2n) is 6.59. The van der Waals surface area contributed by atoms with Crippen molar-refractivity contribution in [2.45, 2.75) is 37.5 Å². The number of benzene rings is 2. The van der Waals surface area contributed by atoms with Gasteiger partial charge in [0.15, 0.2) is 0 Å². The molecule has 0 saturated heterocycles. The summed E-state index contributed by atoms with van der Waals surface area (Å²) in [5, 5.41) is 0. The second kappa shape index (κ2) is 9.26. The second-order valence-corrected chi connectivity index (χ2v) is 10.5. The Labute approximate surface area is 173 Å². The van der Waals surface area contributed by atoms with Crippen molar-refractivity contribution in [3.05, 3.63) is 63.3 Å². The predicted molar refractivity (Wildman–Crippen MR) is 119 cm³/mol. The highest BCUT2D eigenvalue weighted by atomic mass is 32.2. The summed E-state index contributed by atoms with van der Waals surface area (Å²) in [4.78, 5) is 12.2. The number of aromatic nitrogens is 1. The largest absolute Gasteiger partial charge is 0.308 e. The summed E-state index contributed by atoms with van der Waals surface area (Å²) in [6.45, 7) is 5.08. The molecule has 28 heavy (non-hydrogen) atoms. The highest BCUT2D eigenvalue weighted by Crippen LogP contribution is 2.22. The van der Waals surface area contributed by atoms with Gasteiger partial charge in [-0.3, -0.25) is 9.36 Å². The van der Waals surface area contributed by atoms with Gasteiger partial charge in [0.1, 0.15) is 0 Å². The first-order valence-electron chi connectivity index (χ1n) is 9.17. The van der Waals surface area contributed by atoms with Gasteiger partial charge in [-0.2, -0.15) is 11.8 Å². The maximum Gasteiger partial charge on any atom is 0.308 e. The molecule has 5 nitrogen and oxygen atoms in total. The average Bonchev–Trinajstić information content (AvgIpc) is 2.96. The van der Waals surface area contributed by atoms with Crippen LogP contribution in [0.4, 0.5) is 0 Å². The molecule has 1 N–H and O–H groups in total. The SMILES string of the molecule is CCCn1c(=O)sc2cc(S(=O)(=O)NCCSCc3cccc(C)c3)ccc21. The van der Waals surface area contributed by atoms with Crippen molar-refractivity contribution < 1.29 is 8.42 Å². The average molecular weight is 437 g/mol. The fourth-order valence-electron chi connectivity index (χ4n) is 2.97. The molecule has 3 aromatic rings. The Hall–Kier alpha value is -1.61. The fraction of sp³-hybridized carbons (Fsp3) is 0.350. The van der Waals surface area contributed by atoms with E-state index in [0.717, 1.165) is 29.0 Å². The number of thioether (sulfide) groups is 1. The Balaban J connectivity index is 1.60. The third-order valence-electron chi connectivity index (χ3n) is 4.29. The van der Waals surface area contributed by atoms with E-state index < -0.39 is 10.0 Å². The zero-order valence-corrected chi connectivity index (χ0v) is 18.4. The van der Waals surface area contributed by atoms with E-state index in [9.17, 15) is 13.2 Å². The maximum atomic E-state index is 12.6. The molecule has 0 amide bonds. The van der Waals surface area contributed by atoms with Gasteiger partial charge in [-0.25, -0.2) is 13.1 Å². The van der Waals surface area contributed by atoms with E-state index in [4.69, 9.17) is 0 Å². The van der Waals surface area contributed by atoms with Gasteiger partial charge in [0.2, 0.25) is 10.0 Å². The Morgan fingerprint density at radius 2 is 2.00 bits per heavy atom. The molecule has 150 valence electrons. The molecule has 0 spiro atoms. The van der Waals surface area contributed by atoms with Crippen LogP contribution in [0.3, 0.4) is 0 Å². The van der Waals surface area contributed by atoms with Crippen molar-refractivity contribution in [2.24, 2.45) is 0 Å². The monoisotopic (exact) mass is 436 g/mol. The number of hydrogen-bond donors (Lipinski definition) is 1. The van der Waals surface area contributed by atoms with Crippen LogP contribution in [0.2, 0.25) is 0 Å². The topological polar surface area (TPSA) is 68.2 Å². The third kappa shape index (κ3) is 5.05. The zero-order valence-electron chi connectivity index (χ0n) is 16.0. The van der Waals surface area contributed by atoms with E-state index in [0.29, 0.717) is 23.5 Å². The number of hydrogen-bond acceptors (Lipinski definition) is 5. The van der Waals surface area contributed by atoms with E-state index >= 15 is 0 Å². The predicted octanol–water partition coefficient (Wildman–Crippen LogP) is 3.99. The Morgan fingerprint density at radius 1 is 1.18 bits per heavy atom. The number of nitrogens with zero attached hydrogens (tertiary/aromatic N) is 1. The van der Waals surface area contributed by atoms with Crippen LogP contribution in [-0.2, 0) is 22.3 Å². The van der Waals surface area contributed by atoms with Gasteiger partial charge in [0, 0.05) is 24.6 Å². The lowest BCUT2D eigenvalue weighted by Crippen LogP contribution is -2.26. The van der Waals surface area contributed by atoms with Crippen LogP contribution in [0.25, 0.3) is 10.2 Å². The van der Waals surface area contributed by atoms with Crippen LogP contribution in [0.5, 0.6) is 0 Å². The Kier molecular flexibility index (Phi) is 6.98. The molecular formula is C20H24N2O3S3. The molecule has 0 fully saturated rings. The summed E-state index contributed by atoms with van der Waals surface area (Å²) in [6.07, 6.45) is 0.855. The highest BCUT2D eigenvalue weighted by Gasteiger charge is 2.16. The van der Waals surface area contributed by atoms with E-state index in [1.165, 1.54) is 11.1 Å². The smallest absolute Gasteiger partial charge is 0.299 e. The lowest BCUT2D eigenvalue weighted by molar-refractivity contribution is 0.584. The van der Waals surface area contributed by atoms with Gasteiger partial charge in [-0.05, 0) is 37.1 Å². The first kappa shape index (κ1) is 21.1. The van der Waals surface area contributed by atoms with Crippen LogP contribution in [0.1, 0.15) is 24.5 Å². The quantitative estimate of drug-likeness (QED) is 0.515. The van der Waals surface area contributed by atoms with Gasteiger partial charge in [-0.1, -0.05) is 48.1 Å². The van der Waals surface area contributed by atoms with E-state index in [2.05, 4.69) is 29.8 Å². The number of rotatable bonds is 9. The van der Waals surface area contributed by atoms with Crippen molar-refractivity contribution in [1.29, 1.82) is 0 Å². The van der Waals surface area contributed by atoms with Gasteiger partial charge in [-0.15, -0.1) is 0 Å². The van der Waals surface area contributed by atoms with Crippen molar-refractivity contribution in [1.82, 2.24) is 9.29 Å². The van der Waals surface area contributed by atoms with Gasteiger partial charge >= 0.3 is 4.87 Å². The van der Waals surface area contributed by atoms with Crippen LogP contribution in [0.15, 0.2) is 52.2 Å². The standard InChI is InChI=1S/C20H24N2O3S3/c1-3-10-22-18-8-7-17(13-19(18)27-20(22)23)28(24,25)21-9-11-26-14-16-6-4-5-15(2)12-16/h4-8,12-13,21H,3,9-11,14H2,1-2H3. The third-order valence-corrected chi connectivity index (χ3v) is 7.72. The van der Waals surface area contributed by atoms with Gasteiger partial charge in [0.25, 0.3) is 0 Å². The summed E-state index contributed by atoms with van der Waals surface area (Å²) >= 11 is 2.79. The van der Waals surface area contributed by atoms with Crippen molar-refractivity contribution in [3.63, 3.8) is 0 Å². The van der Waals surface area contributed by atoms with Crippen molar-refractivity contribution >= 4 is 43.3 Å². The van der Waals surface area contributed by atoms with Crippen LogP contribution >= 0.6 is 23.1 Å². The van der Waals surface area contributed by atoms with Gasteiger partial charge in [0.05, 0.1) is 15.1 Å². The maximum absolute atomic E-state index is 12.6. The number of thiazole rings is 1. The molecule has 0 aliphatic rings. The molecule has 0 aliphatic carbocycles. The molecule has 0 saturated carbocycles. The lowest BCUT2D eigenvalue weighted by atomic mass is 10.2. The van der Waals surface area contributed by atoms with Crippen molar-refractivity contribution in [3.8, 4) is 0 Å². The molecule has 0 radical (unpaired) electrons. The Morgan fingerprint density at radius 3 is 2.75 bits per heavy atom. The van der Waals surface area contributed by atoms with Gasteiger partial charge < -0.3 is 0 Å². The molecule has 1 heterocycles. The molecule has 8 heteroatoms. The highest BCUT2D eigenvalue weighted by molar-refractivity contribution is 7.98. The molecule has 0 aliphatic heterocycles. The molecule has 0 unspecified atom stereocenters. The minimum atomic E-state index is -3.59. The molecular weight excluding hydrogens is 412 g/mol. The fourth-order valence-corrected chi connectivity index (χ4v) is 6.00. The molecule has 2 aromatic carbocycles. The van der Waals surface area contributed by atoms with E-state index in [1.54, 1.807) is 34.5 Å². The summed E-state index contributed by atoms with van der Waals surface area (Å²) in [5.41, 5.74) is 3.26. The number of aryl methyl sites for hydroxylation is 2. The first-order valence-corrected chi connectivity index (χ1v) is 12.6. The molecule has 0 atom stereocenters. The Bertz CT molecular complexity index is 1120. The molecule has 0 bridgehead atoms. The lowest BCUT2D eigenvalue weighted by Gasteiger charge is -2.08. The normalized spacial score (nSPS) is 11.9. The van der Waals surface area contributed by atoms with Crippen LogP contribution in [-0.4, -0.2) is 25.3 Å². The molecule has 1 aromatic heterocycles. The zero-order chi connectivity index (χ0) is 20.1. The summed E-state index contributed by atoms with van der Waals surface area (Å²) in [6, 6.07) is 13.2. The minimum absolute atomic E-state index is 0.0492.